The topological polar surface area (TPSA) is 56.7 Å². The van der Waals surface area contributed by atoms with Crippen LogP contribution in [0.1, 0.15) is 55.6 Å². The molecular formula is C24H31ClN4. The first-order chi connectivity index (χ1) is 13.7. The van der Waals surface area contributed by atoms with Gasteiger partial charge in [-0.3, -0.25) is 4.98 Å². The smallest absolute Gasteiger partial charge is 0.112 e. The van der Waals surface area contributed by atoms with Gasteiger partial charge in [0.25, 0.3) is 0 Å². The van der Waals surface area contributed by atoms with Crippen molar-refractivity contribution in [2.75, 3.05) is 0 Å². The maximum Gasteiger partial charge on any atom is 0.112 e. The number of nitrogens with two attached hydrogens (primary N) is 1. The second-order valence-electron chi connectivity index (χ2n) is 8.07. The zero-order valence-electron chi connectivity index (χ0n) is 17.2. The molecule has 4 nitrogen and oxygen atoms in total. The second-order valence-corrected chi connectivity index (χ2v) is 8.07. The Balaban J connectivity index is 0.00000240. The third-order valence-electron chi connectivity index (χ3n) is 6.14. The molecule has 1 aliphatic rings. The zero-order chi connectivity index (χ0) is 19.6. The number of halogens is 1. The van der Waals surface area contributed by atoms with E-state index in [1.54, 1.807) is 0 Å². The number of hydrogen-bond acceptors (Lipinski definition) is 3. The maximum atomic E-state index is 7.20. The number of rotatable bonds is 7. The predicted octanol–water partition coefficient (Wildman–Crippen LogP) is 5.20. The Kier molecular flexibility index (Phi) is 6.76. The van der Waals surface area contributed by atoms with E-state index in [4.69, 9.17) is 15.7 Å². The Morgan fingerprint density at radius 1 is 1.28 bits per heavy atom. The van der Waals surface area contributed by atoms with Crippen molar-refractivity contribution in [3.63, 3.8) is 0 Å². The van der Waals surface area contributed by atoms with Crippen LogP contribution in [0.25, 0.3) is 11.0 Å². The van der Waals surface area contributed by atoms with Gasteiger partial charge in [-0.15, -0.1) is 19.0 Å². The molecule has 2 unspecified atom stereocenters. The van der Waals surface area contributed by atoms with Crippen LogP contribution in [-0.4, -0.2) is 20.1 Å². The highest BCUT2D eigenvalue weighted by atomic mass is 35.5. The van der Waals surface area contributed by atoms with Crippen molar-refractivity contribution in [1.82, 2.24) is 14.5 Å². The molecule has 0 amide bonds. The van der Waals surface area contributed by atoms with Gasteiger partial charge in [-0.2, -0.15) is 0 Å². The SMILES string of the molecule is C=CCn1c(CC(N)(CCC)C2CCCc3cccnc32)nc2ccccc21.Cl. The lowest BCUT2D eigenvalue weighted by Gasteiger charge is -2.40. The van der Waals surface area contributed by atoms with Gasteiger partial charge in [-0.05, 0) is 49.4 Å². The Labute approximate surface area is 179 Å². The van der Waals surface area contributed by atoms with Crippen molar-refractivity contribution in [1.29, 1.82) is 0 Å². The van der Waals surface area contributed by atoms with E-state index in [9.17, 15) is 0 Å². The van der Waals surface area contributed by atoms with E-state index in [2.05, 4.69) is 42.3 Å². The van der Waals surface area contributed by atoms with Gasteiger partial charge in [0.05, 0.1) is 11.0 Å². The molecule has 0 radical (unpaired) electrons. The summed E-state index contributed by atoms with van der Waals surface area (Å²) in [6.07, 6.45) is 10.0. The van der Waals surface area contributed by atoms with Crippen LogP contribution >= 0.6 is 12.4 Å². The van der Waals surface area contributed by atoms with Crippen LogP contribution in [0.15, 0.2) is 55.3 Å². The lowest BCUT2D eigenvalue weighted by atomic mass is 9.70. The van der Waals surface area contributed by atoms with Crippen LogP contribution in [0.2, 0.25) is 0 Å². The van der Waals surface area contributed by atoms with Crippen molar-refractivity contribution >= 4 is 23.4 Å². The van der Waals surface area contributed by atoms with Gasteiger partial charge in [-0.1, -0.05) is 37.6 Å². The van der Waals surface area contributed by atoms with Crippen molar-refractivity contribution in [2.24, 2.45) is 5.73 Å². The number of pyridine rings is 1. The normalized spacial score (nSPS) is 17.9. The van der Waals surface area contributed by atoms with Crippen LogP contribution in [-0.2, 0) is 19.4 Å². The largest absolute Gasteiger partial charge is 0.324 e. The highest BCUT2D eigenvalue weighted by Gasteiger charge is 2.39. The molecule has 154 valence electrons. The van der Waals surface area contributed by atoms with Crippen LogP contribution in [0, 0.1) is 0 Å². The van der Waals surface area contributed by atoms with Crippen LogP contribution in [0.4, 0.5) is 0 Å². The molecule has 0 spiro atoms. The molecule has 3 aromatic rings. The van der Waals surface area contributed by atoms with Crippen molar-refractivity contribution < 1.29 is 0 Å². The summed E-state index contributed by atoms with van der Waals surface area (Å²) in [7, 11) is 0. The zero-order valence-corrected chi connectivity index (χ0v) is 18.0. The lowest BCUT2D eigenvalue weighted by molar-refractivity contribution is 0.277. The number of aryl methyl sites for hydroxylation is 1. The fourth-order valence-corrected chi connectivity index (χ4v) is 4.91. The summed E-state index contributed by atoms with van der Waals surface area (Å²) in [5, 5.41) is 0. The number of hydrogen-bond donors (Lipinski definition) is 1. The average Bonchev–Trinajstić information content (AvgIpc) is 3.05. The first kappa shape index (κ1) is 21.5. The number of aromatic nitrogens is 3. The molecule has 2 aromatic heterocycles. The first-order valence-electron chi connectivity index (χ1n) is 10.4. The Morgan fingerprint density at radius 2 is 2.10 bits per heavy atom. The molecule has 2 heterocycles. The molecule has 0 fully saturated rings. The van der Waals surface area contributed by atoms with Crippen LogP contribution < -0.4 is 5.73 Å². The minimum Gasteiger partial charge on any atom is -0.324 e. The van der Waals surface area contributed by atoms with Gasteiger partial charge in [0.1, 0.15) is 5.82 Å². The fraction of sp³-hybridized carbons (Fsp3) is 0.417. The van der Waals surface area contributed by atoms with E-state index in [0.29, 0.717) is 0 Å². The number of imidazole rings is 1. The molecule has 29 heavy (non-hydrogen) atoms. The van der Waals surface area contributed by atoms with Gasteiger partial charge in [0.2, 0.25) is 0 Å². The van der Waals surface area contributed by atoms with E-state index < -0.39 is 0 Å². The second kappa shape index (κ2) is 9.10. The minimum atomic E-state index is -0.349. The van der Waals surface area contributed by atoms with E-state index in [1.807, 2.05) is 24.4 Å². The first-order valence-corrected chi connectivity index (χ1v) is 10.4. The molecular weight excluding hydrogens is 380 g/mol. The van der Waals surface area contributed by atoms with Crippen LogP contribution in [0.5, 0.6) is 0 Å². The van der Waals surface area contributed by atoms with Gasteiger partial charge in [-0.25, -0.2) is 4.98 Å². The molecule has 0 aliphatic heterocycles. The van der Waals surface area contributed by atoms with Crippen molar-refractivity contribution in [3.05, 3.63) is 72.3 Å². The molecule has 2 atom stereocenters. The summed E-state index contributed by atoms with van der Waals surface area (Å²) in [6, 6.07) is 12.6. The van der Waals surface area contributed by atoms with E-state index in [1.165, 1.54) is 17.7 Å². The summed E-state index contributed by atoms with van der Waals surface area (Å²) in [5.41, 5.74) is 11.6. The highest BCUT2D eigenvalue weighted by molar-refractivity contribution is 5.85. The van der Waals surface area contributed by atoms with Crippen molar-refractivity contribution in [2.45, 2.75) is 63.5 Å². The molecule has 0 saturated carbocycles. The van der Waals surface area contributed by atoms with E-state index in [0.717, 1.165) is 55.5 Å². The summed E-state index contributed by atoms with van der Waals surface area (Å²) in [5.74, 6) is 1.33. The van der Waals surface area contributed by atoms with E-state index >= 15 is 0 Å². The van der Waals surface area contributed by atoms with Gasteiger partial charge < -0.3 is 10.3 Å². The monoisotopic (exact) mass is 410 g/mol. The predicted molar refractivity (Wildman–Crippen MR) is 123 cm³/mol. The Bertz CT molecular complexity index is 980. The Morgan fingerprint density at radius 3 is 2.90 bits per heavy atom. The summed E-state index contributed by atoms with van der Waals surface area (Å²) in [6.45, 7) is 6.91. The Hall–Kier alpha value is -2.17. The average molecular weight is 411 g/mol. The molecule has 4 rings (SSSR count). The number of allylic oxidation sites excluding steroid dienone is 1. The molecule has 1 aliphatic carbocycles. The quantitative estimate of drug-likeness (QED) is 0.544. The van der Waals surface area contributed by atoms with Gasteiger partial charge in [0, 0.05) is 36.3 Å². The molecule has 0 bridgehead atoms. The fourth-order valence-electron chi connectivity index (χ4n) is 4.91. The summed E-state index contributed by atoms with van der Waals surface area (Å²) >= 11 is 0. The minimum absolute atomic E-state index is 0. The number of nitrogens with zero attached hydrogens (tertiary/aromatic N) is 3. The summed E-state index contributed by atoms with van der Waals surface area (Å²) in [4.78, 5) is 9.73. The highest BCUT2D eigenvalue weighted by Crippen LogP contribution is 2.40. The van der Waals surface area contributed by atoms with Gasteiger partial charge >= 0.3 is 0 Å². The summed E-state index contributed by atoms with van der Waals surface area (Å²) < 4.78 is 2.27. The third kappa shape index (κ3) is 4.10. The van der Waals surface area contributed by atoms with Crippen LogP contribution in [0.3, 0.4) is 0 Å². The number of fused-ring (bicyclic) bond motifs is 2. The van der Waals surface area contributed by atoms with E-state index in [-0.39, 0.29) is 23.9 Å². The number of benzene rings is 1. The molecule has 5 heteroatoms. The molecule has 2 N–H and O–H groups in total. The lowest BCUT2D eigenvalue weighted by Crippen LogP contribution is -2.49. The molecule has 0 saturated heterocycles. The molecule has 1 aromatic carbocycles. The standard InChI is InChI=1S/C24H30N4.ClH/c1-3-14-24(25,19-11-7-9-18-10-8-15-26-23(18)19)17-22-27-20-12-5-6-13-21(20)28(22)16-4-2;/h4-6,8,10,12-13,15,19H,2-3,7,9,11,14,16-17,25H2,1H3;1H. The van der Waals surface area contributed by atoms with Crippen molar-refractivity contribution in [3.8, 4) is 0 Å². The third-order valence-corrected chi connectivity index (χ3v) is 6.14. The van der Waals surface area contributed by atoms with Gasteiger partial charge in [0.15, 0.2) is 0 Å². The number of para-hydroxylation sites is 2. The maximum absolute atomic E-state index is 7.20.